The fraction of sp³-hybridized carbons (Fsp3) is 0.400. The summed E-state index contributed by atoms with van der Waals surface area (Å²) in [6.07, 6.45) is 2.43. The molecule has 0 atom stereocenters. The van der Waals surface area contributed by atoms with Crippen LogP contribution < -0.4 is 19.5 Å². The van der Waals surface area contributed by atoms with Crippen molar-refractivity contribution in [2.75, 3.05) is 40.5 Å². The first-order valence-electron chi connectivity index (χ1n) is 9.13. The molecule has 0 unspecified atom stereocenters. The first-order valence-corrected chi connectivity index (χ1v) is 9.50. The van der Waals surface area contributed by atoms with Crippen LogP contribution in [0.15, 0.2) is 30.5 Å². The minimum atomic E-state index is -0.246. The van der Waals surface area contributed by atoms with Gasteiger partial charge in [0.05, 0.1) is 18.2 Å². The Morgan fingerprint density at radius 2 is 2.11 bits per heavy atom. The average molecular weight is 406 g/mol. The summed E-state index contributed by atoms with van der Waals surface area (Å²) in [6.45, 7) is 2.76. The van der Waals surface area contributed by atoms with Crippen LogP contribution in [0.1, 0.15) is 22.3 Å². The number of aromatic nitrogens is 1. The predicted molar refractivity (Wildman–Crippen MR) is 107 cm³/mol. The highest BCUT2D eigenvalue weighted by molar-refractivity contribution is 6.32. The van der Waals surface area contributed by atoms with Crippen molar-refractivity contribution in [1.29, 1.82) is 0 Å². The number of fused-ring (bicyclic) bond motifs is 1. The van der Waals surface area contributed by atoms with Gasteiger partial charge in [-0.3, -0.25) is 4.79 Å². The Bertz CT molecular complexity index is 829. The van der Waals surface area contributed by atoms with E-state index >= 15 is 0 Å². The number of rotatable bonds is 7. The van der Waals surface area contributed by atoms with Gasteiger partial charge >= 0.3 is 0 Å². The lowest BCUT2D eigenvalue weighted by Gasteiger charge is -2.12. The first-order chi connectivity index (χ1) is 13.5. The van der Waals surface area contributed by atoms with Gasteiger partial charge in [0.1, 0.15) is 6.61 Å². The van der Waals surface area contributed by atoms with Crippen molar-refractivity contribution in [2.24, 2.45) is 0 Å². The molecule has 0 spiro atoms. The zero-order chi connectivity index (χ0) is 19.9. The Morgan fingerprint density at radius 3 is 2.93 bits per heavy atom. The number of halogens is 1. The number of hydrogen-bond acceptors (Lipinski definition) is 6. The van der Waals surface area contributed by atoms with Crippen LogP contribution in [0.2, 0.25) is 5.02 Å². The van der Waals surface area contributed by atoms with Crippen LogP contribution in [0.5, 0.6) is 17.4 Å². The van der Waals surface area contributed by atoms with Gasteiger partial charge < -0.3 is 24.4 Å². The Balaban J connectivity index is 1.61. The third-order valence-electron chi connectivity index (χ3n) is 4.11. The molecule has 1 aromatic heterocycles. The zero-order valence-corrected chi connectivity index (χ0v) is 16.8. The number of carbonyl (C=O) groups excluding carboxylic acids is 1. The number of amides is 1. The largest absolute Gasteiger partial charge is 0.489 e. The Kier molecular flexibility index (Phi) is 6.95. The van der Waals surface area contributed by atoms with Gasteiger partial charge in [-0.05, 0) is 37.9 Å². The minimum absolute atomic E-state index is 0.246. The molecule has 150 valence electrons. The second-order valence-electron chi connectivity index (χ2n) is 6.67. The summed E-state index contributed by atoms with van der Waals surface area (Å²) in [5.74, 6) is 1.27. The van der Waals surface area contributed by atoms with Gasteiger partial charge in [0.15, 0.2) is 11.5 Å². The van der Waals surface area contributed by atoms with Crippen LogP contribution in [0, 0.1) is 0 Å². The summed E-state index contributed by atoms with van der Waals surface area (Å²) in [7, 11) is 3.96. The van der Waals surface area contributed by atoms with Crippen molar-refractivity contribution in [3.63, 3.8) is 0 Å². The Morgan fingerprint density at radius 1 is 1.29 bits per heavy atom. The van der Waals surface area contributed by atoms with Crippen molar-refractivity contribution >= 4 is 17.5 Å². The summed E-state index contributed by atoms with van der Waals surface area (Å²) >= 11 is 6.26. The molecule has 1 aromatic carbocycles. The fourth-order valence-electron chi connectivity index (χ4n) is 2.62. The van der Waals surface area contributed by atoms with E-state index in [1.54, 1.807) is 18.3 Å². The van der Waals surface area contributed by atoms with E-state index in [4.69, 9.17) is 25.8 Å². The van der Waals surface area contributed by atoms with Crippen molar-refractivity contribution < 1.29 is 19.0 Å². The topological polar surface area (TPSA) is 72.9 Å². The maximum absolute atomic E-state index is 12.6. The van der Waals surface area contributed by atoms with Gasteiger partial charge in [-0.2, -0.15) is 0 Å². The minimum Gasteiger partial charge on any atom is -0.489 e. The quantitative estimate of drug-likeness (QED) is 0.763. The molecule has 0 saturated carbocycles. The highest BCUT2D eigenvalue weighted by atomic mass is 35.5. The smallest absolute Gasteiger partial charge is 0.251 e. The maximum Gasteiger partial charge on any atom is 0.251 e. The summed E-state index contributed by atoms with van der Waals surface area (Å²) in [5.41, 5.74) is 1.31. The number of nitrogens with zero attached hydrogens (tertiary/aromatic N) is 2. The van der Waals surface area contributed by atoms with E-state index < -0.39 is 0 Å². The van der Waals surface area contributed by atoms with Crippen LogP contribution in [0.3, 0.4) is 0 Å². The molecule has 1 amide bonds. The number of nitrogens with one attached hydrogen (secondary N) is 1. The third-order valence-corrected chi connectivity index (χ3v) is 4.39. The van der Waals surface area contributed by atoms with Gasteiger partial charge in [-0.15, -0.1) is 0 Å². The Hall–Kier alpha value is -2.51. The lowest BCUT2D eigenvalue weighted by Crippen LogP contribution is -2.23. The molecule has 0 aliphatic carbocycles. The highest BCUT2D eigenvalue weighted by Crippen LogP contribution is 2.37. The summed E-state index contributed by atoms with van der Waals surface area (Å²) in [4.78, 5) is 18.8. The average Bonchev–Trinajstić information content (AvgIpc) is 2.92. The van der Waals surface area contributed by atoms with E-state index in [2.05, 4.69) is 10.3 Å². The maximum atomic E-state index is 12.6. The van der Waals surface area contributed by atoms with Gasteiger partial charge in [0.25, 0.3) is 5.91 Å². The van der Waals surface area contributed by atoms with E-state index in [1.807, 2.05) is 31.1 Å². The van der Waals surface area contributed by atoms with Crippen LogP contribution in [-0.2, 0) is 6.54 Å². The summed E-state index contributed by atoms with van der Waals surface area (Å²) in [5, 5.41) is 3.25. The van der Waals surface area contributed by atoms with Crippen molar-refractivity contribution in [2.45, 2.75) is 13.0 Å². The number of carbonyl (C=O) groups is 1. The molecule has 0 radical (unpaired) electrons. The highest BCUT2D eigenvalue weighted by Gasteiger charge is 2.18. The molecule has 0 saturated heterocycles. The fourth-order valence-corrected chi connectivity index (χ4v) is 2.88. The van der Waals surface area contributed by atoms with Crippen LogP contribution in [0.25, 0.3) is 0 Å². The van der Waals surface area contributed by atoms with Gasteiger partial charge in [0, 0.05) is 37.3 Å². The second-order valence-corrected chi connectivity index (χ2v) is 7.08. The van der Waals surface area contributed by atoms with Crippen LogP contribution in [0.4, 0.5) is 0 Å². The molecule has 1 aliphatic heterocycles. The van der Waals surface area contributed by atoms with Crippen molar-refractivity contribution in [1.82, 2.24) is 15.2 Å². The Labute approximate surface area is 169 Å². The first kappa shape index (κ1) is 20.2. The molecule has 7 nitrogen and oxygen atoms in total. The second kappa shape index (κ2) is 9.61. The van der Waals surface area contributed by atoms with Crippen molar-refractivity contribution in [3.05, 3.63) is 46.6 Å². The molecular formula is C20H24ClN3O4. The lowest BCUT2D eigenvalue weighted by atomic mass is 10.1. The van der Waals surface area contributed by atoms with Crippen LogP contribution in [-0.4, -0.2) is 56.3 Å². The molecule has 28 heavy (non-hydrogen) atoms. The zero-order valence-electron chi connectivity index (χ0n) is 16.0. The molecule has 3 rings (SSSR count). The molecule has 0 fully saturated rings. The number of likely N-dealkylation sites (N-methyl/N-ethyl adjacent to an activating group) is 1. The normalized spacial score (nSPS) is 13.1. The van der Waals surface area contributed by atoms with E-state index in [1.165, 1.54) is 0 Å². The number of ether oxygens (including phenoxy) is 3. The molecule has 2 heterocycles. The molecular weight excluding hydrogens is 382 g/mol. The van der Waals surface area contributed by atoms with Gasteiger partial charge in [-0.1, -0.05) is 11.6 Å². The van der Waals surface area contributed by atoms with Gasteiger partial charge in [-0.25, -0.2) is 4.98 Å². The SMILES string of the molecule is CN(C)CCOc1cc(CNC(=O)c2cc(Cl)c3c(c2)OCCCO3)ccn1. The number of pyridine rings is 1. The van der Waals surface area contributed by atoms with E-state index in [0.29, 0.717) is 54.3 Å². The van der Waals surface area contributed by atoms with Crippen LogP contribution >= 0.6 is 11.6 Å². The monoisotopic (exact) mass is 405 g/mol. The van der Waals surface area contributed by atoms with Crippen molar-refractivity contribution in [3.8, 4) is 17.4 Å². The lowest BCUT2D eigenvalue weighted by molar-refractivity contribution is 0.0950. The summed E-state index contributed by atoms with van der Waals surface area (Å²) in [6, 6.07) is 6.90. The molecule has 0 bridgehead atoms. The molecule has 2 aromatic rings. The van der Waals surface area contributed by atoms with E-state index in [0.717, 1.165) is 18.5 Å². The third kappa shape index (κ3) is 5.50. The summed E-state index contributed by atoms with van der Waals surface area (Å²) < 4.78 is 16.9. The van der Waals surface area contributed by atoms with E-state index in [-0.39, 0.29) is 5.91 Å². The molecule has 1 N–H and O–H groups in total. The van der Waals surface area contributed by atoms with E-state index in [9.17, 15) is 4.79 Å². The number of hydrogen-bond donors (Lipinski definition) is 1. The number of benzene rings is 1. The standard InChI is InChI=1S/C20H24ClN3O4/c1-24(2)6-9-27-18-10-14(4-5-22-18)13-23-20(25)15-11-16(21)19-17(12-15)26-7-3-8-28-19/h4-5,10-12H,3,6-9,13H2,1-2H3,(H,23,25). The molecule has 1 aliphatic rings. The molecule has 8 heteroatoms. The van der Waals surface area contributed by atoms with Gasteiger partial charge in [0.2, 0.25) is 5.88 Å². The predicted octanol–water partition coefficient (Wildman–Crippen LogP) is 2.77.